The highest BCUT2D eigenvalue weighted by molar-refractivity contribution is 5.92. The van der Waals surface area contributed by atoms with Gasteiger partial charge in [-0.25, -0.2) is 0 Å². The minimum absolute atomic E-state index is 0.192. The summed E-state index contributed by atoms with van der Waals surface area (Å²) in [6.45, 7) is 2.02. The van der Waals surface area contributed by atoms with E-state index >= 15 is 0 Å². The van der Waals surface area contributed by atoms with Gasteiger partial charge < -0.3 is 10.4 Å². The summed E-state index contributed by atoms with van der Waals surface area (Å²) in [4.78, 5) is 12.1. The summed E-state index contributed by atoms with van der Waals surface area (Å²) in [6, 6.07) is 15.5. The lowest BCUT2D eigenvalue weighted by atomic mass is 10.1. The van der Waals surface area contributed by atoms with Gasteiger partial charge in [-0.15, -0.1) is 0 Å². The lowest BCUT2D eigenvalue weighted by molar-refractivity contribution is -0.117. The van der Waals surface area contributed by atoms with E-state index in [9.17, 15) is 9.90 Å². The number of hydrogen-bond acceptors (Lipinski definition) is 2. The summed E-state index contributed by atoms with van der Waals surface area (Å²) in [5.41, 5.74) is 4.25. The van der Waals surface area contributed by atoms with E-state index in [2.05, 4.69) is 5.32 Å². The Balaban J connectivity index is 1.70. The Morgan fingerprint density at radius 2 is 2.05 bits per heavy atom. The van der Waals surface area contributed by atoms with Gasteiger partial charge in [0.1, 0.15) is 0 Å². The maximum Gasteiger partial charge on any atom is 0.244 e. The number of aryl methyl sites for hydroxylation is 1. The molecule has 1 aliphatic rings. The van der Waals surface area contributed by atoms with Crippen molar-refractivity contribution in [1.29, 1.82) is 0 Å². The zero-order chi connectivity index (χ0) is 15.5. The fourth-order valence-electron chi connectivity index (χ4n) is 2.89. The minimum atomic E-state index is -0.561. The Hall–Kier alpha value is -2.39. The molecule has 0 spiro atoms. The van der Waals surface area contributed by atoms with E-state index in [1.165, 1.54) is 6.08 Å². The Morgan fingerprint density at radius 1 is 1.23 bits per heavy atom. The largest absolute Gasteiger partial charge is 0.390 e. The first-order valence-electron chi connectivity index (χ1n) is 7.44. The average Bonchev–Trinajstić information content (AvgIpc) is 2.81. The molecule has 2 aromatic carbocycles. The molecule has 2 atom stereocenters. The lowest BCUT2D eigenvalue weighted by Crippen LogP contribution is -2.32. The van der Waals surface area contributed by atoms with Crippen molar-refractivity contribution in [2.24, 2.45) is 0 Å². The molecular formula is C19H19NO2. The molecule has 0 aliphatic heterocycles. The number of benzene rings is 2. The van der Waals surface area contributed by atoms with Crippen LogP contribution in [0.5, 0.6) is 0 Å². The van der Waals surface area contributed by atoms with Crippen molar-refractivity contribution < 1.29 is 9.90 Å². The first-order valence-corrected chi connectivity index (χ1v) is 7.44. The van der Waals surface area contributed by atoms with Gasteiger partial charge in [0.2, 0.25) is 5.91 Å². The van der Waals surface area contributed by atoms with Gasteiger partial charge in [0, 0.05) is 12.5 Å². The zero-order valence-corrected chi connectivity index (χ0v) is 12.5. The molecule has 0 aromatic heterocycles. The van der Waals surface area contributed by atoms with Crippen molar-refractivity contribution in [2.45, 2.75) is 25.5 Å². The maximum atomic E-state index is 12.1. The number of aliphatic hydroxyl groups is 1. The van der Waals surface area contributed by atoms with Crippen LogP contribution in [-0.4, -0.2) is 17.1 Å². The summed E-state index contributed by atoms with van der Waals surface area (Å²) in [5, 5.41) is 13.0. The molecule has 3 rings (SSSR count). The third-order valence-corrected chi connectivity index (χ3v) is 3.97. The normalized spacial score (nSPS) is 20.1. The van der Waals surface area contributed by atoms with Crippen LogP contribution in [0, 0.1) is 6.92 Å². The van der Waals surface area contributed by atoms with E-state index in [1.54, 1.807) is 6.08 Å². The molecule has 0 heterocycles. The van der Waals surface area contributed by atoms with Crippen LogP contribution in [0.1, 0.15) is 28.3 Å². The predicted octanol–water partition coefficient (Wildman–Crippen LogP) is 2.78. The number of carbonyl (C=O) groups is 1. The highest BCUT2D eigenvalue weighted by atomic mass is 16.3. The van der Waals surface area contributed by atoms with Crippen molar-refractivity contribution in [3.8, 4) is 0 Å². The van der Waals surface area contributed by atoms with E-state index in [0.717, 1.165) is 22.3 Å². The Morgan fingerprint density at radius 3 is 2.86 bits per heavy atom. The van der Waals surface area contributed by atoms with Crippen molar-refractivity contribution in [3.05, 3.63) is 76.9 Å². The first kappa shape index (κ1) is 14.5. The molecular weight excluding hydrogens is 274 g/mol. The second-order valence-electron chi connectivity index (χ2n) is 5.70. The van der Waals surface area contributed by atoms with Crippen LogP contribution in [0.2, 0.25) is 0 Å². The van der Waals surface area contributed by atoms with Gasteiger partial charge in [0.05, 0.1) is 12.1 Å². The van der Waals surface area contributed by atoms with Crippen LogP contribution >= 0.6 is 0 Å². The molecule has 1 amide bonds. The summed E-state index contributed by atoms with van der Waals surface area (Å²) in [6.07, 6.45) is 3.33. The Bertz CT molecular complexity index is 721. The first-order chi connectivity index (χ1) is 10.6. The van der Waals surface area contributed by atoms with E-state index in [0.29, 0.717) is 6.42 Å². The molecule has 3 heteroatoms. The molecule has 0 radical (unpaired) electrons. The van der Waals surface area contributed by atoms with Gasteiger partial charge in [-0.05, 0) is 29.7 Å². The maximum absolute atomic E-state index is 12.1. The van der Waals surface area contributed by atoms with Crippen molar-refractivity contribution in [3.63, 3.8) is 0 Å². The molecule has 2 aromatic rings. The van der Waals surface area contributed by atoms with E-state index in [1.807, 2.05) is 55.5 Å². The average molecular weight is 293 g/mol. The standard InChI is InChI=1S/C19H19NO2/c1-13-5-4-6-14(11-13)9-10-18(22)20-19-16-8-3-2-7-15(16)12-17(19)21/h2-11,17,19,21H,12H2,1H3,(H,20,22)/b10-9+. The number of aliphatic hydroxyl groups excluding tert-OH is 1. The molecule has 1 aliphatic carbocycles. The number of hydrogen-bond donors (Lipinski definition) is 2. The van der Waals surface area contributed by atoms with Gasteiger partial charge in [0.25, 0.3) is 0 Å². The zero-order valence-electron chi connectivity index (χ0n) is 12.5. The fourth-order valence-corrected chi connectivity index (χ4v) is 2.89. The highest BCUT2D eigenvalue weighted by Gasteiger charge is 2.31. The second kappa shape index (κ2) is 6.16. The van der Waals surface area contributed by atoms with Crippen LogP contribution in [-0.2, 0) is 11.2 Å². The van der Waals surface area contributed by atoms with Crippen LogP contribution in [0.25, 0.3) is 6.08 Å². The molecule has 22 heavy (non-hydrogen) atoms. The van der Waals surface area contributed by atoms with Crippen LogP contribution in [0.3, 0.4) is 0 Å². The van der Waals surface area contributed by atoms with Gasteiger partial charge in [-0.3, -0.25) is 4.79 Å². The summed E-state index contributed by atoms with van der Waals surface area (Å²) < 4.78 is 0. The van der Waals surface area contributed by atoms with E-state index < -0.39 is 6.10 Å². The topological polar surface area (TPSA) is 49.3 Å². The molecule has 0 bridgehead atoms. The van der Waals surface area contributed by atoms with Crippen molar-refractivity contribution in [2.75, 3.05) is 0 Å². The van der Waals surface area contributed by atoms with E-state index in [4.69, 9.17) is 0 Å². The summed E-state index contributed by atoms with van der Waals surface area (Å²) >= 11 is 0. The van der Waals surface area contributed by atoms with Gasteiger partial charge in [0.15, 0.2) is 0 Å². The third-order valence-electron chi connectivity index (χ3n) is 3.97. The lowest BCUT2D eigenvalue weighted by Gasteiger charge is -2.16. The number of carbonyl (C=O) groups excluding carboxylic acids is 1. The molecule has 0 saturated carbocycles. The summed E-state index contributed by atoms with van der Waals surface area (Å²) in [5.74, 6) is -0.192. The smallest absolute Gasteiger partial charge is 0.244 e. The highest BCUT2D eigenvalue weighted by Crippen LogP contribution is 2.31. The Kier molecular flexibility index (Phi) is 4.07. The number of rotatable bonds is 3. The summed E-state index contributed by atoms with van der Waals surface area (Å²) in [7, 11) is 0. The van der Waals surface area contributed by atoms with Crippen LogP contribution in [0.4, 0.5) is 0 Å². The minimum Gasteiger partial charge on any atom is -0.390 e. The Labute approximate surface area is 130 Å². The van der Waals surface area contributed by atoms with Gasteiger partial charge in [-0.1, -0.05) is 54.1 Å². The second-order valence-corrected chi connectivity index (χ2v) is 5.70. The number of nitrogens with one attached hydrogen (secondary N) is 1. The monoisotopic (exact) mass is 293 g/mol. The molecule has 112 valence electrons. The molecule has 0 saturated heterocycles. The molecule has 2 unspecified atom stereocenters. The molecule has 0 fully saturated rings. The fraction of sp³-hybridized carbons (Fsp3) is 0.211. The quantitative estimate of drug-likeness (QED) is 0.855. The van der Waals surface area contributed by atoms with Crippen LogP contribution in [0.15, 0.2) is 54.6 Å². The number of amides is 1. The SMILES string of the molecule is Cc1cccc(/C=C/C(=O)NC2c3ccccc3CC2O)c1. The number of fused-ring (bicyclic) bond motifs is 1. The van der Waals surface area contributed by atoms with Crippen molar-refractivity contribution in [1.82, 2.24) is 5.32 Å². The van der Waals surface area contributed by atoms with Crippen LogP contribution < -0.4 is 5.32 Å². The van der Waals surface area contributed by atoms with Crippen molar-refractivity contribution >= 4 is 12.0 Å². The van der Waals surface area contributed by atoms with E-state index in [-0.39, 0.29) is 11.9 Å². The van der Waals surface area contributed by atoms with Gasteiger partial charge >= 0.3 is 0 Å². The molecule has 3 nitrogen and oxygen atoms in total. The molecule has 2 N–H and O–H groups in total. The predicted molar refractivity (Wildman–Crippen MR) is 87.2 cm³/mol. The third kappa shape index (κ3) is 3.10. The van der Waals surface area contributed by atoms with Gasteiger partial charge in [-0.2, -0.15) is 0 Å².